The van der Waals surface area contributed by atoms with Crippen molar-refractivity contribution < 1.29 is 4.74 Å². The Labute approximate surface area is 168 Å². The van der Waals surface area contributed by atoms with E-state index in [9.17, 15) is 0 Å². The summed E-state index contributed by atoms with van der Waals surface area (Å²) in [6.45, 7) is 0.725. The Morgan fingerprint density at radius 1 is 1.12 bits per heavy atom. The number of nitrogens with zero attached hydrogens (tertiary/aromatic N) is 2. The lowest BCUT2D eigenvalue weighted by molar-refractivity contribution is 0.201. The van der Waals surface area contributed by atoms with E-state index in [0.717, 1.165) is 36.8 Å². The average Bonchev–Trinajstić information content (AvgIpc) is 3.14. The fraction of sp³-hybridized carbons (Fsp3) is 0.684. The monoisotopic (exact) mass is 458 g/mol. The molecule has 5 nitrogen and oxygen atoms in total. The minimum absolute atomic E-state index is 0. The van der Waals surface area contributed by atoms with Crippen molar-refractivity contribution in [2.24, 2.45) is 4.99 Å². The topological polar surface area (TPSA) is 58.5 Å². The van der Waals surface area contributed by atoms with Crippen molar-refractivity contribution in [3.8, 4) is 5.88 Å². The van der Waals surface area contributed by atoms with Gasteiger partial charge in [-0.15, -0.1) is 24.0 Å². The highest BCUT2D eigenvalue weighted by Crippen LogP contribution is 2.22. The van der Waals surface area contributed by atoms with E-state index in [-0.39, 0.29) is 24.0 Å². The van der Waals surface area contributed by atoms with Crippen LogP contribution in [0.25, 0.3) is 0 Å². The third-order valence-corrected chi connectivity index (χ3v) is 5.02. The number of aliphatic imine (C=N–C) groups is 1. The van der Waals surface area contributed by atoms with Gasteiger partial charge < -0.3 is 15.4 Å². The van der Waals surface area contributed by atoms with Crippen molar-refractivity contribution in [1.29, 1.82) is 0 Å². The van der Waals surface area contributed by atoms with Crippen LogP contribution in [0.1, 0.15) is 63.4 Å². The number of ether oxygens (including phenoxy) is 1. The van der Waals surface area contributed by atoms with Gasteiger partial charge in [-0.1, -0.05) is 25.3 Å². The smallest absolute Gasteiger partial charge is 0.213 e. The molecule has 0 bridgehead atoms. The standard InChI is InChI=1S/C19H30N4O.HI/c1-20-19(23-16-7-3-2-4-8-16)22-14-15-11-12-18(21-13-15)24-17-9-5-6-10-17;/h11-13,16-17H,2-10,14H2,1H3,(H2,20,22,23);1H. The van der Waals surface area contributed by atoms with E-state index in [0.29, 0.717) is 12.1 Å². The highest BCUT2D eigenvalue weighted by Gasteiger charge is 2.17. The maximum Gasteiger partial charge on any atom is 0.213 e. The molecule has 2 fully saturated rings. The Hall–Kier alpha value is -1.05. The first-order valence-electron chi connectivity index (χ1n) is 9.42. The number of halogens is 1. The quantitative estimate of drug-likeness (QED) is 0.398. The summed E-state index contributed by atoms with van der Waals surface area (Å²) in [4.78, 5) is 8.77. The van der Waals surface area contributed by atoms with Gasteiger partial charge in [0.1, 0.15) is 6.10 Å². The predicted octanol–water partition coefficient (Wildman–Crippen LogP) is 4.02. The van der Waals surface area contributed by atoms with E-state index in [2.05, 4.69) is 26.7 Å². The summed E-state index contributed by atoms with van der Waals surface area (Å²) in [5, 5.41) is 6.91. The average molecular weight is 458 g/mol. The Balaban J connectivity index is 0.00000225. The van der Waals surface area contributed by atoms with E-state index in [1.165, 1.54) is 44.9 Å². The molecule has 2 saturated carbocycles. The SMILES string of the molecule is CN=C(NCc1ccc(OC2CCCC2)nc1)NC1CCCCC1.I. The summed E-state index contributed by atoms with van der Waals surface area (Å²) in [7, 11) is 1.83. The first-order valence-corrected chi connectivity index (χ1v) is 9.42. The molecule has 1 aromatic rings. The number of aromatic nitrogens is 1. The van der Waals surface area contributed by atoms with Crippen LogP contribution in [0, 0.1) is 0 Å². The lowest BCUT2D eigenvalue weighted by Crippen LogP contribution is -2.43. The first-order chi connectivity index (χ1) is 11.8. The normalized spacial score (nSPS) is 19.3. The van der Waals surface area contributed by atoms with Crippen LogP contribution in [0.15, 0.2) is 23.3 Å². The molecule has 0 aliphatic heterocycles. The van der Waals surface area contributed by atoms with Gasteiger partial charge >= 0.3 is 0 Å². The fourth-order valence-corrected chi connectivity index (χ4v) is 3.58. The zero-order chi connectivity index (χ0) is 16.6. The minimum Gasteiger partial charge on any atom is -0.474 e. The molecule has 3 rings (SSSR count). The lowest BCUT2D eigenvalue weighted by Gasteiger charge is -2.24. The molecule has 1 heterocycles. The Bertz CT molecular complexity index is 523. The van der Waals surface area contributed by atoms with Gasteiger partial charge in [0, 0.05) is 31.9 Å². The van der Waals surface area contributed by atoms with Crippen LogP contribution >= 0.6 is 24.0 Å². The summed E-state index contributed by atoms with van der Waals surface area (Å²) in [5.41, 5.74) is 1.14. The van der Waals surface area contributed by atoms with Crippen LogP contribution in [0.4, 0.5) is 0 Å². The molecule has 0 saturated heterocycles. The van der Waals surface area contributed by atoms with E-state index in [1.807, 2.05) is 19.3 Å². The van der Waals surface area contributed by atoms with Crippen molar-refractivity contribution in [2.45, 2.75) is 76.5 Å². The van der Waals surface area contributed by atoms with Gasteiger partial charge in [-0.2, -0.15) is 0 Å². The van der Waals surface area contributed by atoms with Crippen molar-refractivity contribution >= 4 is 29.9 Å². The summed E-state index contributed by atoms with van der Waals surface area (Å²) < 4.78 is 5.91. The second-order valence-corrected chi connectivity index (χ2v) is 6.93. The largest absolute Gasteiger partial charge is 0.474 e. The maximum absolute atomic E-state index is 5.91. The lowest BCUT2D eigenvalue weighted by atomic mass is 9.96. The third-order valence-electron chi connectivity index (χ3n) is 5.02. The number of hydrogen-bond acceptors (Lipinski definition) is 3. The molecule has 2 N–H and O–H groups in total. The molecule has 0 amide bonds. The second kappa shape index (κ2) is 10.8. The Morgan fingerprint density at radius 2 is 1.84 bits per heavy atom. The summed E-state index contributed by atoms with van der Waals surface area (Å²) in [6.07, 6.45) is 13.6. The van der Waals surface area contributed by atoms with E-state index < -0.39 is 0 Å². The Kier molecular flexibility index (Phi) is 8.78. The van der Waals surface area contributed by atoms with Gasteiger partial charge in [0.05, 0.1) is 0 Å². The van der Waals surface area contributed by atoms with E-state index in [1.54, 1.807) is 0 Å². The van der Waals surface area contributed by atoms with Crippen LogP contribution in [0.5, 0.6) is 5.88 Å². The van der Waals surface area contributed by atoms with Crippen LogP contribution in [0.2, 0.25) is 0 Å². The van der Waals surface area contributed by atoms with E-state index >= 15 is 0 Å². The van der Waals surface area contributed by atoms with E-state index in [4.69, 9.17) is 4.74 Å². The number of hydrogen-bond donors (Lipinski definition) is 2. The van der Waals surface area contributed by atoms with Gasteiger partial charge in [0.2, 0.25) is 5.88 Å². The number of pyridine rings is 1. The molecule has 0 spiro atoms. The van der Waals surface area contributed by atoms with Crippen LogP contribution < -0.4 is 15.4 Å². The number of guanidine groups is 1. The second-order valence-electron chi connectivity index (χ2n) is 6.93. The first kappa shape index (κ1) is 20.3. The summed E-state index contributed by atoms with van der Waals surface area (Å²) in [6, 6.07) is 4.62. The van der Waals surface area contributed by atoms with Crippen molar-refractivity contribution in [3.05, 3.63) is 23.9 Å². The zero-order valence-electron chi connectivity index (χ0n) is 15.2. The predicted molar refractivity (Wildman–Crippen MR) is 113 cm³/mol. The van der Waals surface area contributed by atoms with Gasteiger partial charge in [-0.05, 0) is 44.1 Å². The van der Waals surface area contributed by atoms with Crippen molar-refractivity contribution in [2.75, 3.05) is 7.05 Å². The molecule has 2 aliphatic rings. The fourth-order valence-electron chi connectivity index (χ4n) is 3.58. The zero-order valence-corrected chi connectivity index (χ0v) is 17.5. The molecular weight excluding hydrogens is 427 g/mol. The maximum atomic E-state index is 5.91. The molecule has 6 heteroatoms. The van der Waals surface area contributed by atoms with Crippen LogP contribution in [-0.4, -0.2) is 30.1 Å². The molecule has 25 heavy (non-hydrogen) atoms. The molecule has 0 radical (unpaired) electrons. The number of nitrogens with one attached hydrogen (secondary N) is 2. The molecule has 0 aromatic carbocycles. The van der Waals surface area contributed by atoms with Gasteiger partial charge in [-0.3, -0.25) is 4.99 Å². The molecule has 0 unspecified atom stereocenters. The molecular formula is C19H31IN4O. The van der Waals surface area contributed by atoms with Gasteiger partial charge in [0.15, 0.2) is 5.96 Å². The summed E-state index contributed by atoms with van der Waals surface area (Å²) in [5.74, 6) is 1.63. The minimum atomic E-state index is 0. The molecule has 0 atom stereocenters. The van der Waals surface area contributed by atoms with Gasteiger partial charge in [0.25, 0.3) is 0 Å². The Morgan fingerprint density at radius 3 is 2.48 bits per heavy atom. The van der Waals surface area contributed by atoms with Crippen LogP contribution in [-0.2, 0) is 6.54 Å². The summed E-state index contributed by atoms with van der Waals surface area (Å²) >= 11 is 0. The molecule has 140 valence electrons. The van der Waals surface area contributed by atoms with Gasteiger partial charge in [-0.25, -0.2) is 4.98 Å². The highest BCUT2D eigenvalue weighted by atomic mass is 127. The van der Waals surface area contributed by atoms with Crippen molar-refractivity contribution in [1.82, 2.24) is 15.6 Å². The molecule has 2 aliphatic carbocycles. The van der Waals surface area contributed by atoms with Crippen LogP contribution in [0.3, 0.4) is 0 Å². The molecule has 1 aromatic heterocycles. The third kappa shape index (κ3) is 6.64. The highest BCUT2D eigenvalue weighted by molar-refractivity contribution is 14.0. The number of rotatable bonds is 5. The van der Waals surface area contributed by atoms with Crippen molar-refractivity contribution in [3.63, 3.8) is 0 Å².